The Morgan fingerprint density at radius 2 is 1.58 bits per heavy atom. The summed E-state index contributed by atoms with van der Waals surface area (Å²) in [6.45, 7) is 1.47. The molecule has 5 fully saturated rings. The van der Waals surface area contributed by atoms with Crippen LogP contribution in [0.1, 0.15) is 63.4 Å². The van der Waals surface area contributed by atoms with Crippen LogP contribution in [0.3, 0.4) is 0 Å². The van der Waals surface area contributed by atoms with E-state index in [1.807, 2.05) is 29.2 Å². The zero-order chi connectivity index (χ0) is 21.4. The van der Waals surface area contributed by atoms with Gasteiger partial charge in [0.1, 0.15) is 5.75 Å². The van der Waals surface area contributed by atoms with Crippen LogP contribution >= 0.6 is 0 Å². The first-order valence-electron chi connectivity index (χ1n) is 12.2. The molecule has 1 saturated heterocycles. The van der Waals surface area contributed by atoms with Gasteiger partial charge in [-0.3, -0.25) is 9.59 Å². The second kappa shape index (κ2) is 8.48. The van der Waals surface area contributed by atoms with Gasteiger partial charge in [0.2, 0.25) is 11.8 Å². The average molecular weight is 425 g/mol. The molecule has 0 spiro atoms. The summed E-state index contributed by atoms with van der Waals surface area (Å²) in [4.78, 5) is 27.5. The number of rotatable bonds is 6. The molecule has 4 saturated carbocycles. The van der Waals surface area contributed by atoms with Crippen molar-refractivity contribution in [1.82, 2.24) is 10.2 Å². The molecule has 0 radical (unpaired) electrons. The van der Waals surface area contributed by atoms with Gasteiger partial charge in [-0.25, -0.2) is 0 Å². The fourth-order valence-corrected chi connectivity index (χ4v) is 7.43. The number of hydrogen-bond acceptors (Lipinski definition) is 3. The van der Waals surface area contributed by atoms with Gasteiger partial charge >= 0.3 is 0 Å². The zero-order valence-electron chi connectivity index (χ0n) is 18.8. The van der Waals surface area contributed by atoms with Gasteiger partial charge in [-0.05, 0) is 92.2 Å². The Labute approximate surface area is 185 Å². The highest BCUT2D eigenvalue weighted by molar-refractivity contribution is 5.79. The third-order valence-electron chi connectivity index (χ3n) is 8.43. The molecular weight excluding hydrogens is 388 g/mol. The summed E-state index contributed by atoms with van der Waals surface area (Å²) in [5.74, 6) is 3.90. The summed E-state index contributed by atoms with van der Waals surface area (Å²) in [5.41, 5.74) is 1.31. The Morgan fingerprint density at radius 1 is 1.00 bits per heavy atom. The highest BCUT2D eigenvalue weighted by Gasteiger charge is 2.51. The molecule has 6 rings (SSSR count). The van der Waals surface area contributed by atoms with Crippen LogP contribution in [0, 0.1) is 23.2 Å². The lowest BCUT2D eigenvalue weighted by Gasteiger charge is -2.56. The highest BCUT2D eigenvalue weighted by atomic mass is 16.5. The van der Waals surface area contributed by atoms with Crippen molar-refractivity contribution >= 4 is 11.8 Å². The van der Waals surface area contributed by atoms with Crippen LogP contribution in [-0.2, 0) is 16.0 Å². The summed E-state index contributed by atoms with van der Waals surface area (Å²) in [5, 5.41) is 3.32. The van der Waals surface area contributed by atoms with Crippen molar-refractivity contribution in [3.05, 3.63) is 29.8 Å². The lowest BCUT2D eigenvalue weighted by Crippen LogP contribution is -2.50. The zero-order valence-corrected chi connectivity index (χ0v) is 18.8. The molecule has 1 aromatic carbocycles. The van der Waals surface area contributed by atoms with E-state index >= 15 is 0 Å². The summed E-state index contributed by atoms with van der Waals surface area (Å²) in [6.07, 6.45) is 11.0. The quantitative estimate of drug-likeness (QED) is 0.752. The minimum Gasteiger partial charge on any atom is -0.497 e. The largest absolute Gasteiger partial charge is 0.497 e. The number of nitrogens with one attached hydrogen (secondary N) is 1. The van der Waals surface area contributed by atoms with E-state index in [-0.39, 0.29) is 17.9 Å². The third kappa shape index (κ3) is 4.61. The molecule has 1 heterocycles. The molecule has 1 aromatic rings. The second-order valence-corrected chi connectivity index (χ2v) is 10.8. The highest BCUT2D eigenvalue weighted by Crippen LogP contribution is 2.61. The van der Waals surface area contributed by atoms with E-state index in [0.717, 1.165) is 61.4 Å². The first kappa shape index (κ1) is 20.8. The van der Waals surface area contributed by atoms with Crippen molar-refractivity contribution in [2.45, 2.75) is 70.3 Å². The van der Waals surface area contributed by atoms with Crippen LogP contribution in [0.4, 0.5) is 0 Å². The normalized spacial score (nSPS) is 32.2. The predicted molar refractivity (Wildman–Crippen MR) is 120 cm³/mol. The second-order valence-electron chi connectivity index (χ2n) is 10.8. The molecule has 4 bridgehead atoms. The van der Waals surface area contributed by atoms with E-state index in [1.165, 1.54) is 38.5 Å². The molecule has 2 amide bonds. The number of methoxy groups -OCH3 is 1. The standard InChI is InChI=1S/C26H36N2O3/c1-31-23-4-2-18(3-5-23)13-25(30)28-8-6-22(7-9-28)27-24(29)17-26-14-19-10-20(15-26)12-21(11-19)16-26/h2-5,19-22H,6-17H2,1H3,(H,27,29). The maximum Gasteiger partial charge on any atom is 0.226 e. The Hall–Kier alpha value is -2.04. The van der Waals surface area contributed by atoms with Crippen molar-refractivity contribution in [2.24, 2.45) is 23.2 Å². The van der Waals surface area contributed by atoms with Gasteiger partial charge < -0.3 is 15.0 Å². The van der Waals surface area contributed by atoms with Gasteiger partial charge in [-0.1, -0.05) is 12.1 Å². The average Bonchev–Trinajstić information content (AvgIpc) is 2.73. The molecule has 0 unspecified atom stereocenters. The molecule has 5 aliphatic rings. The number of carbonyl (C=O) groups excluding carboxylic acids is 2. The van der Waals surface area contributed by atoms with E-state index < -0.39 is 0 Å². The Bertz CT molecular complexity index is 775. The number of hydrogen-bond donors (Lipinski definition) is 1. The molecule has 4 aliphatic carbocycles. The molecular formula is C26H36N2O3. The summed E-state index contributed by atoms with van der Waals surface area (Å²) < 4.78 is 5.18. The first-order chi connectivity index (χ1) is 15.0. The van der Waals surface area contributed by atoms with Gasteiger partial charge in [0.15, 0.2) is 0 Å². The lowest BCUT2D eigenvalue weighted by molar-refractivity contribution is -0.132. The number of benzene rings is 1. The number of carbonyl (C=O) groups is 2. The number of likely N-dealkylation sites (tertiary alicyclic amines) is 1. The predicted octanol–water partition coefficient (Wildman–Crippen LogP) is 3.95. The smallest absolute Gasteiger partial charge is 0.226 e. The van der Waals surface area contributed by atoms with Crippen molar-refractivity contribution in [3.63, 3.8) is 0 Å². The van der Waals surface area contributed by atoms with Crippen LogP contribution in [-0.4, -0.2) is 43.0 Å². The molecule has 31 heavy (non-hydrogen) atoms. The maximum absolute atomic E-state index is 12.9. The van der Waals surface area contributed by atoms with E-state index in [0.29, 0.717) is 11.8 Å². The molecule has 0 atom stereocenters. The minimum atomic E-state index is 0.170. The Balaban J connectivity index is 1.07. The molecule has 1 N–H and O–H groups in total. The number of ether oxygens (including phenoxy) is 1. The third-order valence-corrected chi connectivity index (χ3v) is 8.43. The van der Waals surface area contributed by atoms with E-state index in [9.17, 15) is 9.59 Å². The van der Waals surface area contributed by atoms with Crippen LogP contribution in [0.2, 0.25) is 0 Å². The molecule has 0 aromatic heterocycles. The summed E-state index contributed by atoms with van der Waals surface area (Å²) >= 11 is 0. The van der Waals surface area contributed by atoms with Crippen LogP contribution < -0.4 is 10.1 Å². The van der Waals surface area contributed by atoms with Crippen molar-refractivity contribution in [2.75, 3.05) is 20.2 Å². The maximum atomic E-state index is 12.9. The fraction of sp³-hybridized carbons (Fsp3) is 0.692. The lowest BCUT2D eigenvalue weighted by atomic mass is 9.49. The summed E-state index contributed by atoms with van der Waals surface area (Å²) in [6, 6.07) is 7.91. The van der Waals surface area contributed by atoms with Crippen LogP contribution in [0.5, 0.6) is 5.75 Å². The van der Waals surface area contributed by atoms with Gasteiger partial charge in [0.25, 0.3) is 0 Å². The van der Waals surface area contributed by atoms with Crippen LogP contribution in [0.15, 0.2) is 24.3 Å². The summed E-state index contributed by atoms with van der Waals surface area (Å²) in [7, 11) is 1.65. The van der Waals surface area contributed by atoms with Gasteiger partial charge in [-0.15, -0.1) is 0 Å². The Morgan fingerprint density at radius 3 is 2.13 bits per heavy atom. The van der Waals surface area contributed by atoms with Gasteiger partial charge in [-0.2, -0.15) is 0 Å². The fourth-order valence-electron chi connectivity index (χ4n) is 7.43. The Kier molecular flexibility index (Phi) is 5.70. The van der Waals surface area contributed by atoms with E-state index in [1.54, 1.807) is 7.11 Å². The molecule has 1 aliphatic heterocycles. The molecule has 5 nitrogen and oxygen atoms in total. The molecule has 5 heteroatoms. The van der Waals surface area contributed by atoms with Gasteiger partial charge in [0.05, 0.1) is 13.5 Å². The van der Waals surface area contributed by atoms with Crippen LogP contribution in [0.25, 0.3) is 0 Å². The van der Waals surface area contributed by atoms with E-state index in [2.05, 4.69) is 5.32 Å². The molecule has 168 valence electrons. The topological polar surface area (TPSA) is 58.6 Å². The van der Waals surface area contributed by atoms with Crippen molar-refractivity contribution in [1.29, 1.82) is 0 Å². The SMILES string of the molecule is COc1ccc(CC(=O)N2CCC(NC(=O)CC34CC5CC(CC(C5)C3)C4)CC2)cc1. The minimum absolute atomic E-state index is 0.170. The number of amides is 2. The number of piperidine rings is 1. The van der Waals surface area contributed by atoms with Gasteiger partial charge in [0, 0.05) is 25.6 Å². The van der Waals surface area contributed by atoms with E-state index in [4.69, 9.17) is 4.74 Å². The monoisotopic (exact) mass is 424 g/mol. The first-order valence-corrected chi connectivity index (χ1v) is 12.2. The number of nitrogens with zero attached hydrogens (tertiary/aromatic N) is 1. The van der Waals surface area contributed by atoms with Crippen molar-refractivity contribution in [3.8, 4) is 5.75 Å². The van der Waals surface area contributed by atoms with Crippen molar-refractivity contribution < 1.29 is 14.3 Å².